The first kappa shape index (κ1) is 21.8. The Hall–Kier alpha value is -4.83. The van der Waals surface area contributed by atoms with Gasteiger partial charge < -0.3 is 14.0 Å². The number of hydrogen-bond acceptors (Lipinski definition) is 3. The van der Waals surface area contributed by atoms with Crippen molar-refractivity contribution in [1.29, 1.82) is 0 Å². The summed E-state index contributed by atoms with van der Waals surface area (Å²) in [6, 6.07) is 38.2. The van der Waals surface area contributed by atoms with E-state index in [0.717, 1.165) is 28.6 Å². The molecule has 0 atom stereocenters. The summed E-state index contributed by atoms with van der Waals surface area (Å²) in [5.74, 6) is 0.934. The number of benzene rings is 5. The van der Waals surface area contributed by atoms with Crippen molar-refractivity contribution >= 4 is 33.0 Å². The van der Waals surface area contributed by atoms with E-state index in [4.69, 9.17) is 21.7 Å². The normalized spacial score (nSPS) is 14.7. The zero-order chi connectivity index (χ0) is 38.6. The molecule has 0 unspecified atom stereocenters. The summed E-state index contributed by atoms with van der Waals surface area (Å²) in [5, 5.41) is 1.37. The molecule has 8 rings (SSSR count). The summed E-state index contributed by atoms with van der Waals surface area (Å²) in [6.07, 6.45) is 1.05. The minimum Gasteiger partial charge on any atom is -0.501 e. The maximum Gasteiger partial charge on any atom is 0.121 e. The fourth-order valence-corrected chi connectivity index (χ4v) is 5.65. The summed E-state index contributed by atoms with van der Waals surface area (Å²) in [5.41, 5.74) is 7.56. The van der Waals surface area contributed by atoms with Gasteiger partial charge in [-0.15, -0.1) is 54.1 Å². The molecule has 5 heteroatoms. The molecule has 1 radical (unpaired) electrons. The minimum atomic E-state index is -2.65. The minimum absolute atomic E-state index is 0. The van der Waals surface area contributed by atoms with Crippen LogP contribution in [0, 0.1) is 46.5 Å². The number of rotatable bonds is 3. The van der Waals surface area contributed by atoms with E-state index in [1.165, 1.54) is 35.0 Å². The van der Waals surface area contributed by atoms with Crippen molar-refractivity contribution in [2.45, 2.75) is 34.4 Å². The van der Waals surface area contributed by atoms with Gasteiger partial charge in [-0.1, -0.05) is 65.0 Å². The van der Waals surface area contributed by atoms with Crippen molar-refractivity contribution < 1.29 is 36.9 Å². The molecular weight excluding hydrogens is 743 g/mol. The van der Waals surface area contributed by atoms with Gasteiger partial charge in [-0.3, -0.25) is 4.98 Å². The fourth-order valence-electron chi connectivity index (χ4n) is 5.65. The monoisotopic (exact) mass is 785 g/mol. The van der Waals surface area contributed by atoms with Crippen LogP contribution >= 0.6 is 0 Å². The average molecular weight is 785 g/mol. The van der Waals surface area contributed by atoms with Gasteiger partial charge in [0.2, 0.25) is 0 Å². The number of imidazole rings is 1. The van der Waals surface area contributed by atoms with Crippen molar-refractivity contribution in [1.82, 2.24) is 14.5 Å². The smallest absolute Gasteiger partial charge is 0.121 e. The van der Waals surface area contributed by atoms with Crippen LogP contribution in [0.15, 0.2) is 114 Å². The number of aromatic nitrogens is 3. The van der Waals surface area contributed by atoms with Crippen molar-refractivity contribution in [2.75, 3.05) is 0 Å². The zero-order valence-electron chi connectivity index (χ0n) is 34.0. The molecule has 0 aliphatic rings. The molecule has 5 aromatic carbocycles. The van der Waals surface area contributed by atoms with Gasteiger partial charge in [0.15, 0.2) is 0 Å². The molecule has 0 bridgehead atoms. The molecule has 0 spiro atoms. The van der Waals surface area contributed by atoms with E-state index in [0.29, 0.717) is 27.5 Å². The van der Waals surface area contributed by atoms with Crippen LogP contribution < -0.4 is 0 Å². The SMILES string of the molecule is Cc1cccc(C)c1-n1c(-c2[c-]cccc2)nc2ccccc21.[2H]C([2H])([2H])c1ccc2c(c1)oc1c(-c3cc(C([2H])([2H])[2H])c(C([2H])([2H])[2H])cn3)[c-]ccc12.[Ir]. The molecule has 229 valence electrons. The van der Waals surface area contributed by atoms with Crippen molar-refractivity contribution in [2.24, 2.45) is 0 Å². The van der Waals surface area contributed by atoms with Crippen LogP contribution in [0.4, 0.5) is 0 Å². The fraction of sp³-hybridized carbons (Fsp3) is 0.122. The largest absolute Gasteiger partial charge is 0.501 e. The molecular formula is C41H33IrN3O-2. The van der Waals surface area contributed by atoms with E-state index in [2.05, 4.69) is 78.0 Å². The van der Waals surface area contributed by atoms with E-state index < -0.39 is 20.6 Å². The van der Waals surface area contributed by atoms with Crippen molar-refractivity contribution in [3.05, 3.63) is 149 Å². The van der Waals surface area contributed by atoms with Gasteiger partial charge in [0.25, 0.3) is 0 Å². The van der Waals surface area contributed by atoms with E-state index in [1.807, 2.05) is 24.3 Å². The molecule has 0 saturated heterocycles. The van der Waals surface area contributed by atoms with Gasteiger partial charge in [0.05, 0.1) is 22.4 Å². The van der Waals surface area contributed by atoms with Crippen LogP contribution in [-0.2, 0) is 20.1 Å². The Labute approximate surface area is 295 Å². The summed E-state index contributed by atoms with van der Waals surface area (Å²) in [4.78, 5) is 9.05. The molecule has 8 aromatic rings. The molecule has 0 aliphatic carbocycles. The van der Waals surface area contributed by atoms with Gasteiger partial charge in [0.1, 0.15) is 5.58 Å². The standard InChI is InChI=1S/C21H17N2.C20H16NO.Ir/c1-15-9-8-10-16(2)20(15)23-19-14-7-6-13-18(19)22-21(23)17-11-4-3-5-12-17;1-12-7-8-15-16-5-4-6-17(20(16)22-19(15)9-12)18-10-13(2)14(3)11-21-18;/h3-11,13-14H,1-2H3;4-5,7-11H,1-3H3;/q2*-1;/i;1D3,2D3,3D3;. The van der Waals surface area contributed by atoms with E-state index >= 15 is 0 Å². The maximum absolute atomic E-state index is 7.75. The van der Waals surface area contributed by atoms with Crippen molar-refractivity contribution in [3.63, 3.8) is 0 Å². The Kier molecular flexibility index (Phi) is 6.11. The van der Waals surface area contributed by atoms with Crippen LogP contribution in [-0.4, -0.2) is 14.5 Å². The predicted molar refractivity (Wildman–Crippen MR) is 185 cm³/mol. The number of pyridine rings is 1. The number of hydrogen-bond donors (Lipinski definition) is 0. The summed E-state index contributed by atoms with van der Waals surface area (Å²) in [7, 11) is 0. The number of para-hydroxylation sites is 3. The van der Waals surface area contributed by atoms with Crippen LogP contribution in [0.5, 0.6) is 0 Å². The number of furan rings is 1. The van der Waals surface area contributed by atoms with Gasteiger partial charge in [-0.2, -0.15) is 0 Å². The van der Waals surface area contributed by atoms with E-state index in [9.17, 15) is 0 Å². The molecule has 4 nitrogen and oxygen atoms in total. The number of fused-ring (bicyclic) bond motifs is 4. The summed E-state index contributed by atoms with van der Waals surface area (Å²) >= 11 is 0. The van der Waals surface area contributed by atoms with Gasteiger partial charge in [0, 0.05) is 49.7 Å². The molecule has 0 amide bonds. The quantitative estimate of drug-likeness (QED) is 0.168. The van der Waals surface area contributed by atoms with Gasteiger partial charge in [-0.25, -0.2) is 0 Å². The Morgan fingerprint density at radius 2 is 1.57 bits per heavy atom. The first-order valence-electron chi connectivity index (χ1n) is 18.9. The predicted octanol–water partition coefficient (Wildman–Crippen LogP) is 10.5. The molecule has 3 heterocycles. The van der Waals surface area contributed by atoms with Crippen LogP contribution in [0.3, 0.4) is 0 Å². The third-order valence-electron chi connectivity index (χ3n) is 7.77. The maximum atomic E-state index is 7.75. The summed E-state index contributed by atoms with van der Waals surface area (Å²) in [6.45, 7) is -3.28. The number of aryl methyl sites for hydroxylation is 5. The van der Waals surface area contributed by atoms with E-state index in [-0.39, 0.29) is 42.5 Å². The van der Waals surface area contributed by atoms with Gasteiger partial charge >= 0.3 is 0 Å². The van der Waals surface area contributed by atoms with E-state index in [1.54, 1.807) is 18.2 Å². The second kappa shape index (κ2) is 12.9. The van der Waals surface area contributed by atoms with Crippen LogP contribution in [0.2, 0.25) is 0 Å². The molecule has 0 fully saturated rings. The third-order valence-corrected chi connectivity index (χ3v) is 7.77. The first-order valence-corrected chi connectivity index (χ1v) is 14.4. The average Bonchev–Trinajstić information content (AvgIpc) is 3.69. The third kappa shape index (κ3) is 5.69. The van der Waals surface area contributed by atoms with Crippen molar-refractivity contribution in [3.8, 4) is 28.3 Å². The Balaban J connectivity index is 0.000000191. The van der Waals surface area contributed by atoms with Crippen LogP contribution in [0.1, 0.15) is 40.2 Å². The first-order chi connectivity index (χ1) is 25.5. The molecule has 3 aromatic heterocycles. The number of nitrogens with zero attached hydrogens (tertiary/aromatic N) is 3. The Morgan fingerprint density at radius 1 is 0.739 bits per heavy atom. The zero-order valence-corrected chi connectivity index (χ0v) is 27.4. The second-order valence-electron chi connectivity index (χ2n) is 10.8. The second-order valence-corrected chi connectivity index (χ2v) is 10.8. The van der Waals surface area contributed by atoms with Gasteiger partial charge in [-0.05, 0) is 80.5 Å². The summed E-state index contributed by atoms with van der Waals surface area (Å²) < 4.78 is 77.1. The molecule has 0 saturated carbocycles. The van der Waals surface area contributed by atoms with Crippen LogP contribution in [0.25, 0.3) is 61.3 Å². The molecule has 0 aliphatic heterocycles. The topological polar surface area (TPSA) is 43.9 Å². The molecule has 46 heavy (non-hydrogen) atoms. The molecule has 0 N–H and O–H groups in total. The Morgan fingerprint density at radius 3 is 2.35 bits per heavy atom. The Bertz CT molecular complexity index is 2640.